The summed E-state index contributed by atoms with van der Waals surface area (Å²) in [4.78, 5) is 11.0. The first-order chi connectivity index (χ1) is 12.0. The first-order valence-electron chi connectivity index (χ1n) is 7.50. The van der Waals surface area contributed by atoms with Crippen molar-refractivity contribution in [3.8, 4) is 18.1 Å². The van der Waals surface area contributed by atoms with Crippen LogP contribution >= 0.6 is 0 Å². The minimum Gasteiger partial charge on any atom is -0.456 e. The topological polar surface area (TPSA) is 149 Å². The zero-order chi connectivity index (χ0) is 18.4. The minimum atomic E-state index is -0.599. The Labute approximate surface area is 145 Å². The van der Waals surface area contributed by atoms with E-state index in [0.29, 0.717) is 17.1 Å². The highest BCUT2D eigenvalue weighted by Gasteiger charge is 2.25. The fraction of sp³-hybridized carbons (Fsp3) is 0.333. The molecule has 1 heterocycles. The summed E-state index contributed by atoms with van der Waals surface area (Å²) in [6.07, 6.45) is 6.01. The van der Waals surface area contributed by atoms with E-state index in [1.807, 2.05) is 13.8 Å². The fourth-order valence-corrected chi connectivity index (χ4v) is 2.34. The lowest BCUT2D eigenvalue weighted by Crippen LogP contribution is -2.63. The Morgan fingerprint density at radius 2 is 2.24 bits per heavy atom. The molecule has 10 nitrogen and oxygen atoms in total. The van der Waals surface area contributed by atoms with Crippen LogP contribution in [0.5, 0.6) is 5.75 Å². The molecule has 0 saturated carbocycles. The number of hydrazine groups is 1. The summed E-state index contributed by atoms with van der Waals surface area (Å²) in [7, 11) is 0. The average molecular weight is 344 g/mol. The van der Waals surface area contributed by atoms with E-state index < -0.39 is 12.5 Å². The predicted molar refractivity (Wildman–Crippen MR) is 92.1 cm³/mol. The number of benzene rings is 1. The molecule has 0 amide bonds. The van der Waals surface area contributed by atoms with Gasteiger partial charge < -0.3 is 10.1 Å². The number of hydrogen-bond donors (Lipinski definition) is 6. The van der Waals surface area contributed by atoms with Crippen molar-refractivity contribution < 1.29 is 4.74 Å². The molecule has 2 unspecified atom stereocenters. The van der Waals surface area contributed by atoms with E-state index in [-0.39, 0.29) is 11.6 Å². The molecule has 1 aromatic carbocycles. The van der Waals surface area contributed by atoms with Crippen molar-refractivity contribution in [3.63, 3.8) is 0 Å². The summed E-state index contributed by atoms with van der Waals surface area (Å²) in [6.45, 7) is 3.92. The first-order valence-corrected chi connectivity index (χ1v) is 7.50. The van der Waals surface area contributed by atoms with Gasteiger partial charge in [-0.2, -0.15) is 5.53 Å². The van der Waals surface area contributed by atoms with Crippen molar-refractivity contribution in [2.45, 2.75) is 32.2 Å². The number of ether oxygens (including phenoxy) is 1. The van der Waals surface area contributed by atoms with E-state index in [9.17, 15) is 4.91 Å². The van der Waals surface area contributed by atoms with Crippen molar-refractivity contribution >= 4 is 5.69 Å². The monoisotopic (exact) mass is 344 g/mol. The average Bonchev–Trinajstić information content (AvgIpc) is 2.62. The lowest BCUT2D eigenvalue weighted by Gasteiger charge is -2.31. The normalized spacial score (nSPS) is 19.4. The molecule has 0 spiro atoms. The number of nitrogens with two attached hydrogens (primary N) is 1. The van der Waals surface area contributed by atoms with Crippen molar-refractivity contribution in [2.24, 2.45) is 16.2 Å². The van der Waals surface area contributed by atoms with Crippen molar-refractivity contribution in [1.29, 1.82) is 5.53 Å². The smallest absolute Gasteiger partial charge is 0.158 e. The van der Waals surface area contributed by atoms with Crippen LogP contribution in [0.3, 0.4) is 0 Å². The molecular weight excluding hydrogens is 324 g/mol. The number of terminal acetylenes is 1. The molecular formula is C15H20N8O2. The van der Waals surface area contributed by atoms with E-state index in [1.165, 1.54) is 0 Å². The van der Waals surface area contributed by atoms with Crippen molar-refractivity contribution in [1.82, 2.24) is 21.5 Å². The van der Waals surface area contributed by atoms with Crippen LogP contribution in [0.25, 0.3) is 0 Å². The van der Waals surface area contributed by atoms with Gasteiger partial charge in [0.2, 0.25) is 0 Å². The fourth-order valence-electron chi connectivity index (χ4n) is 2.34. The zero-order valence-electron chi connectivity index (χ0n) is 13.8. The van der Waals surface area contributed by atoms with Gasteiger partial charge in [-0.1, -0.05) is 25.0 Å². The van der Waals surface area contributed by atoms with Gasteiger partial charge in [0, 0.05) is 6.20 Å². The molecule has 0 bridgehead atoms. The molecule has 2 rings (SSSR count). The second-order valence-electron chi connectivity index (χ2n) is 5.55. The highest BCUT2D eigenvalue weighted by Crippen LogP contribution is 2.34. The predicted octanol–water partition coefficient (Wildman–Crippen LogP) is 1.21. The Kier molecular flexibility index (Phi) is 6.02. The Hall–Kier alpha value is -3.00. The van der Waals surface area contributed by atoms with Crippen LogP contribution in [0.15, 0.2) is 34.5 Å². The standard InChI is InChI=1S/C15H20N8O2/c1-4-9-5-12(10(8(2)3)6-11(9)22-24)25-13-7-18-15(20-16)19-14(13)21-23-17/h1,5-8,14-15,18-20H,16H2,2-3H3,(H2,17,21). The number of nitroso groups, excluding NO2 is 1. The third kappa shape index (κ3) is 4.10. The third-order valence-corrected chi connectivity index (χ3v) is 3.60. The molecule has 10 heteroatoms. The highest BCUT2D eigenvalue weighted by atomic mass is 16.5. The van der Waals surface area contributed by atoms with Gasteiger partial charge in [0.25, 0.3) is 0 Å². The van der Waals surface area contributed by atoms with Crippen LogP contribution < -0.4 is 32.1 Å². The molecule has 0 aliphatic carbocycles. The highest BCUT2D eigenvalue weighted by molar-refractivity contribution is 5.61. The summed E-state index contributed by atoms with van der Waals surface area (Å²) in [5, 5.41) is 12.1. The molecule has 0 aromatic heterocycles. The number of hydrogen-bond acceptors (Lipinski definition) is 9. The van der Waals surface area contributed by atoms with Gasteiger partial charge in [-0.3, -0.25) is 16.6 Å². The molecule has 1 aliphatic heterocycles. The maximum Gasteiger partial charge on any atom is 0.158 e. The van der Waals surface area contributed by atoms with Gasteiger partial charge in [-0.05, 0) is 28.8 Å². The largest absolute Gasteiger partial charge is 0.456 e. The third-order valence-electron chi connectivity index (χ3n) is 3.60. The number of nitrogens with one attached hydrogen (secondary N) is 5. The Bertz CT molecular complexity index is 725. The van der Waals surface area contributed by atoms with Crippen molar-refractivity contribution in [2.75, 3.05) is 0 Å². The summed E-state index contributed by atoms with van der Waals surface area (Å²) in [5.74, 6) is 8.78. The molecule has 132 valence electrons. The van der Waals surface area contributed by atoms with Crippen LogP contribution in [-0.4, -0.2) is 12.5 Å². The van der Waals surface area contributed by atoms with Gasteiger partial charge in [0.1, 0.15) is 17.7 Å². The van der Waals surface area contributed by atoms with Crippen LogP contribution in [0.2, 0.25) is 0 Å². The van der Waals surface area contributed by atoms with Gasteiger partial charge >= 0.3 is 0 Å². The molecule has 1 aromatic rings. The summed E-state index contributed by atoms with van der Waals surface area (Å²) in [5.41, 5.74) is 13.4. The summed E-state index contributed by atoms with van der Waals surface area (Å²) < 4.78 is 5.97. The first kappa shape index (κ1) is 18.3. The Morgan fingerprint density at radius 3 is 2.80 bits per heavy atom. The Morgan fingerprint density at radius 1 is 1.48 bits per heavy atom. The van der Waals surface area contributed by atoms with Gasteiger partial charge in [-0.15, -0.1) is 11.3 Å². The second kappa shape index (κ2) is 8.20. The number of nitrogens with zero attached hydrogens (tertiary/aromatic N) is 2. The van der Waals surface area contributed by atoms with E-state index >= 15 is 0 Å². The van der Waals surface area contributed by atoms with Crippen molar-refractivity contribution in [3.05, 3.63) is 40.1 Å². The van der Waals surface area contributed by atoms with E-state index in [2.05, 4.69) is 37.8 Å². The maximum atomic E-state index is 11.0. The molecule has 25 heavy (non-hydrogen) atoms. The molecule has 0 fully saturated rings. The van der Waals surface area contributed by atoms with Crippen LogP contribution in [0.4, 0.5) is 5.69 Å². The van der Waals surface area contributed by atoms with E-state index in [4.69, 9.17) is 22.5 Å². The molecule has 7 N–H and O–H groups in total. The summed E-state index contributed by atoms with van der Waals surface area (Å²) in [6, 6.07) is 3.21. The van der Waals surface area contributed by atoms with Crippen LogP contribution in [-0.2, 0) is 0 Å². The molecule has 1 aliphatic rings. The quantitative estimate of drug-likeness (QED) is 0.143. The van der Waals surface area contributed by atoms with Gasteiger partial charge in [-0.25, -0.2) is 5.43 Å². The summed E-state index contributed by atoms with van der Waals surface area (Å²) >= 11 is 0. The second-order valence-corrected chi connectivity index (χ2v) is 5.55. The van der Waals surface area contributed by atoms with Gasteiger partial charge in [0.15, 0.2) is 11.9 Å². The van der Waals surface area contributed by atoms with Crippen LogP contribution in [0.1, 0.15) is 30.9 Å². The lowest BCUT2D eigenvalue weighted by molar-refractivity contribution is 0.243. The van der Waals surface area contributed by atoms with E-state index in [0.717, 1.165) is 5.56 Å². The molecule has 0 saturated heterocycles. The van der Waals surface area contributed by atoms with Gasteiger partial charge in [0.05, 0.1) is 5.56 Å². The van der Waals surface area contributed by atoms with E-state index in [1.54, 1.807) is 18.3 Å². The van der Waals surface area contributed by atoms with Crippen LogP contribution in [0, 0.1) is 22.8 Å². The maximum absolute atomic E-state index is 11.0. The minimum absolute atomic E-state index is 0.0677. The Balaban J connectivity index is 2.40. The lowest BCUT2D eigenvalue weighted by atomic mass is 9.99. The molecule has 2 atom stereocenters. The zero-order valence-corrected chi connectivity index (χ0v) is 13.8. The molecule has 0 radical (unpaired) electrons. The number of rotatable bonds is 7. The SMILES string of the molecule is C#Cc1cc(OC2=CNC(NN)NC2NN=N)c(C(C)C)cc1N=O.